The summed E-state index contributed by atoms with van der Waals surface area (Å²) in [6.45, 7) is 11.1. The van der Waals surface area contributed by atoms with Gasteiger partial charge in [-0.2, -0.15) is 0 Å². The van der Waals surface area contributed by atoms with Crippen LogP contribution in [0.25, 0.3) is 0 Å². The summed E-state index contributed by atoms with van der Waals surface area (Å²) in [6.07, 6.45) is -0.389. The van der Waals surface area contributed by atoms with Crippen molar-refractivity contribution in [3.63, 3.8) is 0 Å². The average molecular weight is 364 g/mol. The Kier molecular flexibility index (Phi) is 4.78. The van der Waals surface area contributed by atoms with Crippen molar-refractivity contribution in [3.05, 3.63) is 23.8 Å². The third-order valence-corrected chi connectivity index (χ3v) is 6.78. The van der Waals surface area contributed by atoms with E-state index in [1.165, 1.54) is 0 Å². The van der Waals surface area contributed by atoms with Gasteiger partial charge in [0.15, 0.2) is 0 Å². The van der Waals surface area contributed by atoms with Crippen molar-refractivity contribution in [3.8, 4) is 0 Å². The second kappa shape index (κ2) is 6.50. The van der Waals surface area contributed by atoms with Crippen LogP contribution in [0.4, 0.5) is 0 Å². The smallest absolute Gasteiger partial charge is 0.334 e. The molecule has 0 spiro atoms. The summed E-state index contributed by atoms with van der Waals surface area (Å²) in [4.78, 5) is 24.7. The summed E-state index contributed by atoms with van der Waals surface area (Å²) >= 11 is 0. The van der Waals surface area contributed by atoms with E-state index in [9.17, 15) is 19.8 Å². The predicted octanol–water partition coefficient (Wildman–Crippen LogP) is 1.75. The molecular weight excluding hydrogens is 336 g/mol. The summed E-state index contributed by atoms with van der Waals surface area (Å²) < 4.78 is 11.4. The van der Waals surface area contributed by atoms with Gasteiger partial charge in [0.05, 0.1) is 18.1 Å². The molecule has 1 saturated heterocycles. The first kappa shape index (κ1) is 19.1. The Balaban J connectivity index is 2.10. The molecule has 0 amide bonds. The number of ether oxygens (including phenoxy) is 2. The molecule has 26 heavy (non-hydrogen) atoms. The van der Waals surface area contributed by atoms with Crippen LogP contribution in [-0.2, 0) is 19.1 Å². The van der Waals surface area contributed by atoms with Gasteiger partial charge in [-0.05, 0) is 32.1 Å². The largest absolute Gasteiger partial charge is 0.458 e. The second-order valence-corrected chi connectivity index (χ2v) is 8.22. The van der Waals surface area contributed by atoms with Crippen molar-refractivity contribution in [1.29, 1.82) is 0 Å². The Morgan fingerprint density at radius 3 is 2.65 bits per heavy atom. The van der Waals surface area contributed by atoms with Gasteiger partial charge in [-0.3, -0.25) is 0 Å². The fraction of sp³-hybridized carbons (Fsp3) is 0.700. The van der Waals surface area contributed by atoms with Crippen LogP contribution in [0.15, 0.2) is 23.8 Å². The topological polar surface area (TPSA) is 93.1 Å². The molecule has 8 atom stereocenters. The number of carbonyl (C=O) groups excluding carboxylic acids is 2. The van der Waals surface area contributed by atoms with Crippen LogP contribution in [0, 0.1) is 23.2 Å². The maximum Gasteiger partial charge on any atom is 0.334 e. The van der Waals surface area contributed by atoms with E-state index in [2.05, 4.69) is 6.58 Å². The van der Waals surface area contributed by atoms with Gasteiger partial charge in [0.25, 0.3) is 0 Å². The van der Waals surface area contributed by atoms with Crippen molar-refractivity contribution in [2.75, 3.05) is 0 Å². The molecule has 0 aromatic carbocycles. The van der Waals surface area contributed by atoms with Gasteiger partial charge in [0.2, 0.25) is 0 Å². The minimum Gasteiger partial charge on any atom is -0.458 e. The van der Waals surface area contributed by atoms with Crippen LogP contribution in [0.5, 0.6) is 0 Å². The SMILES string of the molecule is C=C1C(=O)OC2CC(C)C3C(O)CC(O)C3(C)C(OC(=O)C(C)=CC)C12. The van der Waals surface area contributed by atoms with E-state index >= 15 is 0 Å². The Morgan fingerprint density at radius 2 is 2.04 bits per heavy atom. The van der Waals surface area contributed by atoms with Crippen LogP contribution in [0.1, 0.15) is 40.5 Å². The minimum atomic E-state index is -0.890. The standard InChI is InChI=1S/C20H28O6/c1-6-9(2)18(23)26-17-15-11(4)19(24)25-13(15)7-10(3)16-12(21)8-14(22)20(16,17)5/h6,10,12-17,21-22H,4,7-8H2,1-3,5H3. The Bertz CT molecular complexity index is 667. The first-order chi connectivity index (χ1) is 12.1. The molecule has 144 valence electrons. The fourth-order valence-electron chi connectivity index (χ4n) is 5.28. The van der Waals surface area contributed by atoms with Crippen molar-refractivity contribution in [2.45, 2.75) is 65.0 Å². The van der Waals surface area contributed by atoms with Gasteiger partial charge in [-0.1, -0.05) is 26.5 Å². The molecule has 6 heteroatoms. The Hall–Kier alpha value is -1.66. The minimum absolute atomic E-state index is 0.00938. The molecule has 2 saturated carbocycles. The maximum atomic E-state index is 12.5. The van der Waals surface area contributed by atoms with Gasteiger partial charge in [-0.15, -0.1) is 0 Å². The van der Waals surface area contributed by atoms with Crippen molar-refractivity contribution in [1.82, 2.24) is 0 Å². The summed E-state index contributed by atoms with van der Waals surface area (Å²) in [5.74, 6) is -1.77. The van der Waals surface area contributed by atoms with Crippen LogP contribution >= 0.6 is 0 Å². The quantitative estimate of drug-likeness (QED) is 0.573. The second-order valence-electron chi connectivity index (χ2n) is 8.22. The molecule has 2 aliphatic carbocycles. The van der Waals surface area contributed by atoms with E-state index in [1.54, 1.807) is 19.9 Å². The highest BCUT2D eigenvalue weighted by atomic mass is 16.6. The van der Waals surface area contributed by atoms with E-state index in [-0.39, 0.29) is 23.8 Å². The lowest BCUT2D eigenvalue weighted by Gasteiger charge is -2.43. The van der Waals surface area contributed by atoms with Gasteiger partial charge in [0, 0.05) is 23.0 Å². The summed E-state index contributed by atoms with van der Waals surface area (Å²) in [5, 5.41) is 21.4. The molecule has 0 aromatic heterocycles. The van der Waals surface area contributed by atoms with Crippen LogP contribution in [0.3, 0.4) is 0 Å². The first-order valence-corrected chi connectivity index (χ1v) is 9.22. The number of aliphatic hydroxyl groups is 2. The number of aliphatic hydroxyl groups excluding tert-OH is 2. The monoisotopic (exact) mass is 364 g/mol. The van der Waals surface area contributed by atoms with Gasteiger partial charge in [0.1, 0.15) is 12.2 Å². The number of hydrogen-bond donors (Lipinski definition) is 2. The van der Waals surface area contributed by atoms with Crippen LogP contribution in [-0.4, -0.2) is 46.6 Å². The summed E-state index contributed by atoms with van der Waals surface area (Å²) in [5.41, 5.74) is -0.171. The molecule has 0 aromatic rings. The van der Waals surface area contributed by atoms with E-state index in [1.807, 2.05) is 13.8 Å². The first-order valence-electron chi connectivity index (χ1n) is 9.22. The van der Waals surface area contributed by atoms with Gasteiger partial charge < -0.3 is 19.7 Å². The lowest BCUT2D eigenvalue weighted by atomic mass is 9.67. The number of carbonyl (C=O) groups is 2. The van der Waals surface area contributed by atoms with Gasteiger partial charge >= 0.3 is 11.9 Å². The van der Waals surface area contributed by atoms with Crippen molar-refractivity contribution in [2.24, 2.45) is 23.2 Å². The van der Waals surface area contributed by atoms with Crippen LogP contribution in [0.2, 0.25) is 0 Å². The average Bonchev–Trinajstić information content (AvgIpc) is 2.94. The van der Waals surface area contributed by atoms with Crippen molar-refractivity contribution < 1.29 is 29.3 Å². The zero-order valence-electron chi connectivity index (χ0n) is 15.8. The van der Waals surface area contributed by atoms with Crippen molar-refractivity contribution >= 4 is 11.9 Å². The predicted molar refractivity (Wildman–Crippen MR) is 93.8 cm³/mol. The van der Waals surface area contributed by atoms with E-state index < -0.39 is 47.7 Å². The zero-order valence-corrected chi connectivity index (χ0v) is 15.8. The molecule has 3 aliphatic rings. The molecular formula is C20H28O6. The highest BCUT2D eigenvalue weighted by Gasteiger charge is 2.65. The number of hydrogen-bond acceptors (Lipinski definition) is 6. The lowest BCUT2D eigenvalue weighted by Crippen LogP contribution is -2.51. The highest BCUT2D eigenvalue weighted by Crippen LogP contribution is 2.58. The lowest BCUT2D eigenvalue weighted by molar-refractivity contribution is -0.166. The molecule has 3 fully saturated rings. The normalized spacial score (nSPS) is 45.6. The van der Waals surface area contributed by atoms with E-state index in [4.69, 9.17) is 9.47 Å². The molecule has 0 radical (unpaired) electrons. The molecule has 1 heterocycles. The number of esters is 2. The molecule has 2 N–H and O–H groups in total. The summed E-state index contributed by atoms with van der Waals surface area (Å²) in [7, 11) is 0. The van der Waals surface area contributed by atoms with E-state index in [0.717, 1.165) is 0 Å². The highest BCUT2D eigenvalue weighted by molar-refractivity contribution is 5.91. The Morgan fingerprint density at radius 1 is 1.38 bits per heavy atom. The maximum absolute atomic E-state index is 12.5. The van der Waals surface area contributed by atoms with E-state index in [0.29, 0.717) is 12.0 Å². The third-order valence-electron chi connectivity index (χ3n) is 6.78. The zero-order chi connectivity index (χ0) is 19.4. The summed E-state index contributed by atoms with van der Waals surface area (Å²) in [6, 6.07) is 0. The number of rotatable bonds is 2. The molecule has 0 bridgehead atoms. The Labute approximate surface area is 153 Å². The van der Waals surface area contributed by atoms with Gasteiger partial charge in [-0.25, -0.2) is 9.59 Å². The molecule has 3 rings (SSSR count). The number of fused-ring (bicyclic) bond motifs is 2. The third kappa shape index (κ3) is 2.62. The van der Waals surface area contributed by atoms with Crippen LogP contribution < -0.4 is 0 Å². The molecule has 8 unspecified atom stereocenters. The fourth-order valence-corrected chi connectivity index (χ4v) is 5.28. The molecule has 1 aliphatic heterocycles. The number of allylic oxidation sites excluding steroid dienone is 1. The molecule has 6 nitrogen and oxygen atoms in total.